The van der Waals surface area contributed by atoms with Crippen LogP contribution in [-0.4, -0.2) is 16.1 Å². The molecule has 210 valence electrons. The molecule has 0 unspecified atom stereocenters. The number of benzene rings is 5. The smallest absolute Gasteiger partial charge is 0.121 e. The van der Waals surface area contributed by atoms with Crippen LogP contribution in [0.4, 0.5) is 0 Å². The molecule has 0 atom stereocenters. The average molecular weight is 595 g/mol. The molecule has 5 rings (SSSR count). The molecule has 0 amide bonds. The van der Waals surface area contributed by atoms with Crippen LogP contribution in [0.2, 0.25) is 26.2 Å². The van der Waals surface area contributed by atoms with E-state index in [0.29, 0.717) is 0 Å². The highest BCUT2D eigenvalue weighted by Gasteiger charge is 2.24. The number of hydrogen-bond donors (Lipinski definition) is 0. The Morgan fingerprint density at radius 1 is 0.318 bits per heavy atom. The van der Waals surface area contributed by atoms with Crippen molar-refractivity contribution in [2.24, 2.45) is 0 Å². The number of rotatable bonds is 2. The van der Waals surface area contributed by atoms with Crippen LogP contribution < -0.4 is 10.4 Å². The standard InChI is InChI=1S/C42H34Si2/c1-43(2,33-31-35-15-7-5-8-16-35)41-21-13-11-19-39(41)29-27-37-23-25-38(26-24-37)28-30-40-20-12-14-22-42(40)44(3,4)34-32-36-17-9-6-10-18-36/h5-26H,1-4H3. The van der Waals surface area contributed by atoms with Crippen LogP contribution >= 0.6 is 0 Å². The minimum atomic E-state index is -2.03. The molecule has 0 bridgehead atoms. The van der Waals surface area contributed by atoms with E-state index < -0.39 is 16.1 Å². The predicted octanol–water partition coefficient (Wildman–Crippen LogP) is 7.50. The van der Waals surface area contributed by atoms with Crippen LogP contribution in [0.15, 0.2) is 133 Å². The van der Waals surface area contributed by atoms with Gasteiger partial charge in [0, 0.05) is 33.4 Å². The zero-order valence-electron chi connectivity index (χ0n) is 25.7. The monoisotopic (exact) mass is 594 g/mol. The molecule has 0 N–H and O–H groups in total. The second kappa shape index (κ2) is 13.8. The maximum Gasteiger partial charge on any atom is 0.164 e. The maximum atomic E-state index is 3.59. The van der Waals surface area contributed by atoms with E-state index in [4.69, 9.17) is 0 Å². The van der Waals surface area contributed by atoms with Gasteiger partial charge in [-0.1, -0.05) is 135 Å². The van der Waals surface area contributed by atoms with Crippen LogP contribution in [0.1, 0.15) is 33.4 Å². The third-order valence-electron chi connectivity index (χ3n) is 7.35. The van der Waals surface area contributed by atoms with E-state index in [1.807, 2.05) is 60.7 Å². The summed E-state index contributed by atoms with van der Waals surface area (Å²) in [5.74, 6) is 20.4. The van der Waals surface area contributed by atoms with E-state index in [-0.39, 0.29) is 0 Å². The van der Waals surface area contributed by atoms with Gasteiger partial charge in [0.1, 0.15) is 0 Å². The predicted molar refractivity (Wildman–Crippen MR) is 192 cm³/mol. The van der Waals surface area contributed by atoms with Gasteiger partial charge in [0.2, 0.25) is 0 Å². The molecule has 0 aliphatic rings. The van der Waals surface area contributed by atoms with E-state index in [1.54, 1.807) is 0 Å². The van der Waals surface area contributed by atoms with Gasteiger partial charge in [-0.25, -0.2) is 0 Å². The highest BCUT2D eigenvalue weighted by molar-refractivity contribution is 6.97. The minimum Gasteiger partial charge on any atom is -0.121 e. The lowest BCUT2D eigenvalue weighted by Crippen LogP contribution is -2.42. The van der Waals surface area contributed by atoms with Gasteiger partial charge < -0.3 is 0 Å². The van der Waals surface area contributed by atoms with Gasteiger partial charge in [-0.2, -0.15) is 0 Å². The summed E-state index contributed by atoms with van der Waals surface area (Å²) in [5, 5.41) is 2.52. The fourth-order valence-electron chi connectivity index (χ4n) is 4.82. The lowest BCUT2D eigenvalue weighted by molar-refractivity contribution is 1.59. The Labute approximate surface area is 265 Å². The molecule has 0 aliphatic carbocycles. The average Bonchev–Trinajstić information content (AvgIpc) is 3.06. The Morgan fingerprint density at radius 2 is 0.636 bits per heavy atom. The third-order valence-corrected chi connectivity index (χ3v) is 12.4. The third kappa shape index (κ3) is 7.98. The molecule has 0 aromatic heterocycles. The van der Waals surface area contributed by atoms with Gasteiger partial charge in [-0.05, 0) is 71.0 Å². The van der Waals surface area contributed by atoms with Gasteiger partial charge >= 0.3 is 0 Å². The fourth-order valence-corrected chi connectivity index (χ4v) is 8.67. The molecule has 2 heteroatoms. The summed E-state index contributed by atoms with van der Waals surface area (Å²) in [4.78, 5) is 0. The molecule has 0 saturated heterocycles. The summed E-state index contributed by atoms with van der Waals surface area (Å²) in [5.41, 5.74) is 13.3. The van der Waals surface area contributed by atoms with Crippen LogP contribution in [0.3, 0.4) is 0 Å². The summed E-state index contributed by atoms with van der Waals surface area (Å²) in [7, 11) is -4.05. The van der Waals surface area contributed by atoms with Crippen molar-refractivity contribution in [1.29, 1.82) is 0 Å². The number of hydrogen-bond acceptors (Lipinski definition) is 0. The van der Waals surface area contributed by atoms with Gasteiger partial charge in [-0.15, -0.1) is 11.1 Å². The van der Waals surface area contributed by atoms with Crippen LogP contribution in [0.25, 0.3) is 0 Å². The molecule has 0 spiro atoms. The zero-order valence-corrected chi connectivity index (χ0v) is 27.7. The van der Waals surface area contributed by atoms with Crippen molar-refractivity contribution in [2.45, 2.75) is 26.2 Å². The Morgan fingerprint density at radius 3 is 1.02 bits per heavy atom. The Hall–Kier alpha value is -5.23. The summed E-state index contributed by atoms with van der Waals surface area (Å²) < 4.78 is 0. The summed E-state index contributed by atoms with van der Waals surface area (Å²) >= 11 is 0. The molecular weight excluding hydrogens is 561 g/mol. The minimum absolute atomic E-state index is 0.963. The summed E-state index contributed by atoms with van der Waals surface area (Å²) in [6.45, 7) is 9.15. The molecule has 0 fully saturated rings. The van der Waals surface area contributed by atoms with E-state index in [1.165, 1.54) is 10.4 Å². The second-order valence-corrected chi connectivity index (χ2v) is 19.7. The van der Waals surface area contributed by atoms with Gasteiger partial charge in [0.25, 0.3) is 0 Å². The van der Waals surface area contributed by atoms with Crippen LogP contribution in [-0.2, 0) is 0 Å². The summed E-state index contributed by atoms with van der Waals surface area (Å²) in [6, 6.07) is 45.4. The molecule has 0 heterocycles. The molecule has 0 radical (unpaired) electrons. The van der Waals surface area contributed by atoms with Crippen molar-refractivity contribution in [2.75, 3.05) is 0 Å². The molecule has 0 nitrogen and oxygen atoms in total. The van der Waals surface area contributed by atoms with Crippen molar-refractivity contribution in [3.8, 4) is 46.6 Å². The quantitative estimate of drug-likeness (QED) is 0.147. The van der Waals surface area contributed by atoms with Gasteiger partial charge in [-0.3, -0.25) is 0 Å². The lowest BCUT2D eigenvalue weighted by Gasteiger charge is -2.17. The lowest BCUT2D eigenvalue weighted by atomic mass is 10.1. The van der Waals surface area contributed by atoms with Crippen molar-refractivity contribution in [1.82, 2.24) is 0 Å². The second-order valence-electron chi connectivity index (χ2n) is 11.7. The molecule has 0 saturated carbocycles. The topological polar surface area (TPSA) is 0 Å². The first kappa shape index (κ1) is 30.2. The van der Waals surface area contributed by atoms with Gasteiger partial charge in [0.05, 0.1) is 0 Å². The van der Waals surface area contributed by atoms with E-state index >= 15 is 0 Å². The van der Waals surface area contributed by atoms with Crippen molar-refractivity contribution in [3.05, 3.63) is 167 Å². The van der Waals surface area contributed by atoms with Crippen molar-refractivity contribution >= 4 is 26.5 Å². The molecule has 44 heavy (non-hydrogen) atoms. The highest BCUT2D eigenvalue weighted by atomic mass is 28.3. The van der Waals surface area contributed by atoms with Crippen molar-refractivity contribution < 1.29 is 0 Å². The van der Waals surface area contributed by atoms with Crippen LogP contribution in [0, 0.1) is 46.6 Å². The summed E-state index contributed by atoms with van der Waals surface area (Å²) in [6.07, 6.45) is 0. The molecule has 5 aromatic carbocycles. The highest BCUT2D eigenvalue weighted by Crippen LogP contribution is 2.10. The van der Waals surface area contributed by atoms with Crippen LogP contribution in [0.5, 0.6) is 0 Å². The van der Waals surface area contributed by atoms with E-state index in [0.717, 1.165) is 33.4 Å². The zero-order chi connectivity index (χ0) is 30.8. The van der Waals surface area contributed by atoms with Crippen molar-refractivity contribution in [3.63, 3.8) is 0 Å². The Bertz CT molecular complexity index is 1860. The SMILES string of the molecule is C[Si](C)(C#Cc1ccccc1)c1ccccc1C#Cc1ccc(C#Cc2ccccc2[Si](C)(C)C#Cc2ccccc2)cc1. The molecular formula is C42H34Si2. The first-order chi connectivity index (χ1) is 21.3. The Balaban J connectivity index is 1.34. The Kier molecular flexibility index (Phi) is 9.50. The van der Waals surface area contributed by atoms with E-state index in [9.17, 15) is 0 Å². The molecule has 0 aliphatic heterocycles. The largest absolute Gasteiger partial charge is 0.164 e. The maximum absolute atomic E-state index is 3.59. The first-order valence-corrected chi connectivity index (χ1v) is 20.8. The van der Waals surface area contributed by atoms with E-state index in [2.05, 4.69) is 146 Å². The molecule has 5 aromatic rings. The fraction of sp³-hybridized carbons (Fsp3) is 0.0952. The van der Waals surface area contributed by atoms with Gasteiger partial charge in [0.15, 0.2) is 16.1 Å². The first-order valence-electron chi connectivity index (χ1n) is 14.8. The normalized spacial score (nSPS) is 10.5.